The Bertz CT molecular complexity index is 1210. The van der Waals surface area contributed by atoms with Crippen LogP contribution in [-0.2, 0) is 26.2 Å². The van der Waals surface area contributed by atoms with Gasteiger partial charge in [0.05, 0.1) is 16.3 Å². The van der Waals surface area contributed by atoms with Gasteiger partial charge in [0, 0.05) is 30.4 Å². The van der Waals surface area contributed by atoms with Gasteiger partial charge in [-0.3, -0.25) is 9.59 Å². The Hall–Kier alpha value is -2.76. The maximum Gasteiger partial charge on any atom is 0.243 e. The summed E-state index contributed by atoms with van der Waals surface area (Å²) < 4.78 is 38.3. The highest BCUT2D eigenvalue weighted by Crippen LogP contribution is 2.35. The lowest BCUT2D eigenvalue weighted by Gasteiger charge is -2.31. The lowest BCUT2D eigenvalue weighted by Crippen LogP contribution is -2.42. The van der Waals surface area contributed by atoms with E-state index in [2.05, 4.69) is 10.6 Å². The molecule has 9 nitrogen and oxygen atoms in total. The van der Waals surface area contributed by atoms with Crippen LogP contribution in [0.4, 0.5) is 5.69 Å². The number of fused-ring (bicyclic) bond motifs is 2. The van der Waals surface area contributed by atoms with Crippen LogP contribution in [0, 0.1) is 5.92 Å². The first-order valence-electron chi connectivity index (χ1n) is 10.6. The fraction of sp³-hybridized carbons (Fsp3) is 0.364. The molecule has 2 amide bonds. The van der Waals surface area contributed by atoms with Crippen LogP contribution in [-0.4, -0.2) is 50.2 Å². The van der Waals surface area contributed by atoms with E-state index >= 15 is 0 Å². The summed E-state index contributed by atoms with van der Waals surface area (Å²) in [5.74, 6) is 1.21. The number of piperidine rings is 1. The van der Waals surface area contributed by atoms with Crippen LogP contribution in [0.2, 0.25) is 0 Å². The molecule has 2 aromatic carbocycles. The van der Waals surface area contributed by atoms with Gasteiger partial charge >= 0.3 is 0 Å². The Kier molecular flexibility index (Phi) is 5.94. The van der Waals surface area contributed by atoms with Crippen LogP contribution in [0.3, 0.4) is 0 Å². The number of ether oxygens (including phenoxy) is 2. The van der Waals surface area contributed by atoms with Crippen LogP contribution in [0.25, 0.3) is 0 Å². The molecule has 1 fully saturated rings. The summed E-state index contributed by atoms with van der Waals surface area (Å²) in [5.41, 5.74) is 1.43. The lowest BCUT2D eigenvalue weighted by molar-refractivity contribution is -0.126. The number of hydrogen-bond acceptors (Lipinski definition) is 7. The van der Waals surface area contributed by atoms with E-state index in [0.29, 0.717) is 42.3 Å². The number of thioether (sulfide) groups is 1. The Morgan fingerprint density at radius 3 is 2.73 bits per heavy atom. The van der Waals surface area contributed by atoms with Crippen LogP contribution < -0.4 is 20.1 Å². The number of nitrogens with zero attached hydrogens (tertiary/aromatic N) is 1. The standard InChI is InChI=1S/C22H23N3O6S2/c26-21-12-32-20-4-2-16(10-17(20)24-21)33(28,29)25-7-5-15(6-8-25)22(27)23-11-14-1-3-18-19(9-14)31-13-30-18/h1-4,9-10,15H,5-8,11-13H2,(H,23,27)(H,24,26). The molecule has 174 valence electrons. The first kappa shape index (κ1) is 22.1. The zero-order valence-corrected chi connectivity index (χ0v) is 19.3. The molecule has 0 spiro atoms. The summed E-state index contributed by atoms with van der Waals surface area (Å²) in [4.78, 5) is 25.3. The topological polar surface area (TPSA) is 114 Å². The van der Waals surface area contributed by atoms with Crippen molar-refractivity contribution in [2.24, 2.45) is 5.92 Å². The second-order valence-corrected chi connectivity index (χ2v) is 11.0. The highest BCUT2D eigenvalue weighted by atomic mass is 32.2. The second kappa shape index (κ2) is 8.88. The van der Waals surface area contributed by atoms with Gasteiger partial charge in [0.2, 0.25) is 28.6 Å². The minimum absolute atomic E-state index is 0.0850. The number of carbonyl (C=O) groups excluding carboxylic acids is 2. The fourth-order valence-electron chi connectivity index (χ4n) is 4.11. The van der Waals surface area contributed by atoms with Gasteiger partial charge in [-0.25, -0.2) is 8.42 Å². The molecule has 2 N–H and O–H groups in total. The molecule has 0 saturated carbocycles. The van der Waals surface area contributed by atoms with E-state index in [-0.39, 0.29) is 42.5 Å². The van der Waals surface area contributed by atoms with E-state index < -0.39 is 10.0 Å². The average molecular weight is 490 g/mol. The predicted octanol–water partition coefficient (Wildman–Crippen LogP) is 2.18. The number of hydrogen-bond donors (Lipinski definition) is 2. The maximum absolute atomic E-state index is 13.1. The number of rotatable bonds is 5. The van der Waals surface area contributed by atoms with Crippen molar-refractivity contribution in [3.63, 3.8) is 0 Å². The number of nitrogens with one attached hydrogen (secondary N) is 2. The lowest BCUT2D eigenvalue weighted by atomic mass is 9.97. The summed E-state index contributed by atoms with van der Waals surface area (Å²) in [6.45, 7) is 1.10. The Morgan fingerprint density at radius 1 is 1.12 bits per heavy atom. The van der Waals surface area contributed by atoms with Crippen molar-refractivity contribution in [1.82, 2.24) is 9.62 Å². The molecule has 3 aliphatic rings. The van der Waals surface area contributed by atoms with Gasteiger partial charge in [-0.1, -0.05) is 6.07 Å². The molecule has 33 heavy (non-hydrogen) atoms. The molecular formula is C22H23N3O6S2. The minimum Gasteiger partial charge on any atom is -0.454 e. The molecule has 2 aromatic rings. The molecule has 5 rings (SSSR count). The summed E-state index contributed by atoms with van der Waals surface area (Å²) in [6, 6.07) is 10.3. The van der Waals surface area contributed by atoms with Gasteiger partial charge in [0.15, 0.2) is 11.5 Å². The summed E-state index contributed by atoms with van der Waals surface area (Å²) in [7, 11) is -3.71. The minimum atomic E-state index is -3.71. The monoisotopic (exact) mass is 489 g/mol. The second-order valence-electron chi connectivity index (χ2n) is 8.08. The molecule has 0 aliphatic carbocycles. The van der Waals surface area contributed by atoms with Gasteiger partial charge in [0.1, 0.15) is 0 Å². The van der Waals surface area contributed by atoms with E-state index in [4.69, 9.17) is 9.47 Å². The third kappa shape index (κ3) is 4.53. The average Bonchev–Trinajstić information content (AvgIpc) is 3.30. The van der Waals surface area contributed by atoms with E-state index in [1.807, 2.05) is 18.2 Å². The number of anilines is 1. The number of amides is 2. The van der Waals surface area contributed by atoms with Gasteiger partial charge in [0.25, 0.3) is 0 Å². The third-order valence-electron chi connectivity index (χ3n) is 5.95. The number of sulfonamides is 1. The molecule has 0 unspecified atom stereocenters. The number of benzene rings is 2. The zero-order chi connectivity index (χ0) is 23.0. The molecule has 0 bridgehead atoms. The first-order chi connectivity index (χ1) is 15.9. The van der Waals surface area contributed by atoms with Crippen molar-refractivity contribution in [1.29, 1.82) is 0 Å². The highest BCUT2D eigenvalue weighted by molar-refractivity contribution is 8.00. The van der Waals surface area contributed by atoms with Crippen LogP contribution in [0.15, 0.2) is 46.2 Å². The Balaban J connectivity index is 1.17. The van der Waals surface area contributed by atoms with E-state index in [1.54, 1.807) is 12.1 Å². The molecule has 3 heterocycles. The van der Waals surface area contributed by atoms with Gasteiger partial charge in [-0.2, -0.15) is 4.31 Å². The summed E-state index contributed by atoms with van der Waals surface area (Å²) in [5, 5.41) is 5.67. The summed E-state index contributed by atoms with van der Waals surface area (Å²) >= 11 is 1.39. The quantitative estimate of drug-likeness (QED) is 0.662. The largest absolute Gasteiger partial charge is 0.454 e. The smallest absolute Gasteiger partial charge is 0.243 e. The molecule has 0 radical (unpaired) electrons. The van der Waals surface area contributed by atoms with Gasteiger partial charge < -0.3 is 20.1 Å². The van der Waals surface area contributed by atoms with Crippen molar-refractivity contribution in [2.45, 2.75) is 29.2 Å². The van der Waals surface area contributed by atoms with E-state index in [9.17, 15) is 18.0 Å². The Labute approximate surface area is 195 Å². The van der Waals surface area contributed by atoms with Crippen LogP contribution >= 0.6 is 11.8 Å². The van der Waals surface area contributed by atoms with Crippen LogP contribution in [0.5, 0.6) is 11.5 Å². The molecule has 0 atom stereocenters. The Morgan fingerprint density at radius 2 is 1.91 bits per heavy atom. The molecule has 11 heteroatoms. The highest BCUT2D eigenvalue weighted by Gasteiger charge is 2.32. The summed E-state index contributed by atoms with van der Waals surface area (Å²) in [6.07, 6.45) is 0.896. The maximum atomic E-state index is 13.1. The fourth-order valence-corrected chi connectivity index (χ4v) is 6.40. The first-order valence-corrected chi connectivity index (χ1v) is 13.1. The van der Waals surface area contributed by atoms with Crippen LogP contribution in [0.1, 0.15) is 18.4 Å². The van der Waals surface area contributed by atoms with Crippen molar-refractivity contribution in [3.05, 3.63) is 42.0 Å². The van der Waals surface area contributed by atoms with E-state index in [0.717, 1.165) is 10.5 Å². The SMILES string of the molecule is O=C1CSc2ccc(S(=O)(=O)N3CCC(C(=O)NCc4ccc5c(c4)OCO5)CC3)cc2N1. The zero-order valence-electron chi connectivity index (χ0n) is 17.7. The van der Waals surface area contributed by atoms with E-state index in [1.165, 1.54) is 22.1 Å². The predicted molar refractivity (Wildman–Crippen MR) is 122 cm³/mol. The normalized spacial score (nSPS) is 18.5. The molecular weight excluding hydrogens is 466 g/mol. The molecule has 1 saturated heterocycles. The van der Waals surface area contributed by atoms with Gasteiger partial charge in [-0.15, -0.1) is 11.8 Å². The third-order valence-corrected chi connectivity index (χ3v) is 8.92. The van der Waals surface area contributed by atoms with Crippen molar-refractivity contribution in [3.8, 4) is 11.5 Å². The van der Waals surface area contributed by atoms with Crippen molar-refractivity contribution in [2.75, 3.05) is 31.0 Å². The number of carbonyl (C=O) groups is 2. The van der Waals surface area contributed by atoms with Gasteiger partial charge in [-0.05, 0) is 48.7 Å². The molecule has 0 aromatic heterocycles. The van der Waals surface area contributed by atoms with Crippen molar-refractivity contribution < 1.29 is 27.5 Å². The molecule has 3 aliphatic heterocycles. The van der Waals surface area contributed by atoms with Crippen molar-refractivity contribution >= 4 is 39.3 Å².